The topological polar surface area (TPSA) is 247 Å². The van der Waals surface area contributed by atoms with Crippen molar-refractivity contribution < 1.29 is 43.3 Å². The SMILES string of the molecule is Cc1ncsc1-c1ccc(C(C)NC(=O)[C@@H]2C[C@@H](O)CN2C(=O)C(NC(=O)c2cc3cc(OCCNC(=O)[C@H]4CCN(c5ccc(C6=N[C@@H](CC(=O)O)c7nnc(C)n7-c7sc(C)c(C)c76)cc5)C4)ccc3o2)C(C)(C)C)cc1. The van der Waals surface area contributed by atoms with E-state index in [1.165, 1.54) is 4.90 Å². The largest absolute Gasteiger partial charge is 0.492 e. The van der Waals surface area contributed by atoms with Crippen LogP contribution in [0.4, 0.5) is 5.69 Å². The van der Waals surface area contributed by atoms with Gasteiger partial charge in [-0.15, -0.1) is 32.9 Å². The molecule has 412 valence electrons. The van der Waals surface area contributed by atoms with Crippen LogP contribution in [0.15, 0.2) is 87.7 Å². The summed E-state index contributed by atoms with van der Waals surface area (Å²) in [6.45, 7) is 16.9. The van der Waals surface area contributed by atoms with Gasteiger partial charge in [-0.2, -0.15) is 0 Å². The summed E-state index contributed by atoms with van der Waals surface area (Å²) in [5, 5.41) is 39.7. The predicted molar refractivity (Wildman–Crippen MR) is 301 cm³/mol. The number of hydrogen-bond acceptors (Lipinski definition) is 15. The number of benzene rings is 3. The van der Waals surface area contributed by atoms with E-state index in [9.17, 15) is 34.2 Å². The minimum Gasteiger partial charge on any atom is -0.492 e. The summed E-state index contributed by atoms with van der Waals surface area (Å²) < 4.78 is 13.9. The maximum Gasteiger partial charge on any atom is 0.306 e. The molecule has 0 spiro atoms. The molecule has 79 heavy (non-hydrogen) atoms. The smallest absolute Gasteiger partial charge is 0.306 e. The fourth-order valence-corrected chi connectivity index (χ4v) is 12.7. The number of carbonyl (C=O) groups is 5. The van der Waals surface area contributed by atoms with Crippen LogP contribution in [0.2, 0.25) is 0 Å². The Morgan fingerprint density at radius 3 is 2.37 bits per heavy atom. The molecule has 0 aliphatic carbocycles. The van der Waals surface area contributed by atoms with Crippen LogP contribution in [0.25, 0.3) is 26.4 Å². The van der Waals surface area contributed by atoms with E-state index in [4.69, 9.17) is 14.1 Å². The lowest BCUT2D eigenvalue weighted by Gasteiger charge is -2.35. The molecule has 2 unspecified atom stereocenters. The van der Waals surface area contributed by atoms with Gasteiger partial charge >= 0.3 is 5.97 Å². The quantitative estimate of drug-likeness (QED) is 0.0581. The third-order valence-corrected chi connectivity index (χ3v) is 17.3. The Bertz CT molecular complexity index is 3500. The van der Waals surface area contributed by atoms with Crippen LogP contribution in [-0.2, 0) is 19.2 Å². The van der Waals surface area contributed by atoms with E-state index in [1.807, 2.05) is 100 Å². The van der Waals surface area contributed by atoms with E-state index in [-0.39, 0.29) is 56.2 Å². The van der Waals surface area contributed by atoms with Gasteiger partial charge in [0.25, 0.3) is 5.91 Å². The normalized spacial score (nSPS) is 18.8. The summed E-state index contributed by atoms with van der Waals surface area (Å²) in [6, 6.07) is 19.5. The van der Waals surface area contributed by atoms with Crippen molar-refractivity contribution in [3.63, 3.8) is 0 Å². The molecule has 0 saturated carbocycles. The minimum absolute atomic E-state index is 0.0201. The molecular weight excluding hydrogens is 1040 g/mol. The van der Waals surface area contributed by atoms with Crippen molar-refractivity contribution in [3.8, 4) is 21.2 Å². The molecule has 3 aromatic carbocycles. The van der Waals surface area contributed by atoms with Gasteiger partial charge in [0.05, 0.1) is 52.8 Å². The maximum atomic E-state index is 14.4. The number of aliphatic hydroxyl groups is 1. The number of likely N-dealkylation sites (tertiary alicyclic amines) is 1. The number of carbonyl (C=O) groups excluding carboxylic acids is 4. The van der Waals surface area contributed by atoms with Crippen molar-refractivity contribution in [1.29, 1.82) is 0 Å². The van der Waals surface area contributed by atoms with Gasteiger partial charge in [-0.25, -0.2) is 4.98 Å². The van der Waals surface area contributed by atoms with Crippen LogP contribution >= 0.6 is 22.7 Å². The molecule has 4 amide bonds. The van der Waals surface area contributed by atoms with Gasteiger partial charge in [-0.05, 0) is 99.5 Å². The number of rotatable bonds is 16. The average Bonchev–Trinajstić information content (AvgIpc) is 4.47. The molecular formula is C58H64N10O9S2. The van der Waals surface area contributed by atoms with Crippen molar-refractivity contribution in [1.82, 2.24) is 40.6 Å². The molecule has 0 radical (unpaired) electrons. The van der Waals surface area contributed by atoms with Gasteiger partial charge in [-0.3, -0.25) is 33.5 Å². The number of aromatic nitrogens is 4. The molecule has 7 aromatic rings. The van der Waals surface area contributed by atoms with E-state index in [0.29, 0.717) is 53.6 Å². The second-order valence-electron chi connectivity index (χ2n) is 21.7. The lowest BCUT2D eigenvalue weighted by Crippen LogP contribution is -2.57. The molecule has 4 aromatic heterocycles. The number of thiazole rings is 1. The van der Waals surface area contributed by atoms with Gasteiger partial charge in [0.2, 0.25) is 17.7 Å². The van der Waals surface area contributed by atoms with Crippen molar-refractivity contribution in [2.45, 2.75) is 105 Å². The van der Waals surface area contributed by atoms with Crippen LogP contribution in [0.1, 0.15) is 114 Å². The highest BCUT2D eigenvalue weighted by Crippen LogP contribution is 2.40. The number of furan rings is 1. The van der Waals surface area contributed by atoms with E-state index < -0.39 is 53.3 Å². The van der Waals surface area contributed by atoms with Gasteiger partial charge < -0.3 is 45.1 Å². The summed E-state index contributed by atoms with van der Waals surface area (Å²) in [5.74, 6) is -1.12. The number of carboxylic acids is 1. The molecule has 0 bridgehead atoms. The number of anilines is 1. The standard InChI is InChI=1S/C58H64N10O9S2/c1-30-33(4)79-57-48(30)49(62-43(26-47(70)71)52-65-64-34(5)68(52)57)36-13-15-40(16-14-36)66-21-19-38(27-66)53(72)59-20-22-76-42-17-18-45-39(23-42)24-46(77-45)55(74)63-51(58(6,7)8)56(75)67-28-41(69)25-44(67)54(73)61-31(2)35-9-11-37(12-10-35)50-32(3)60-29-78-50/h9-18,23-24,29,31,38,41,43-44,51,69H,19-22,25-28H2,1-8H3,(H,59,72)(H,61,73)(H,63,74)(H,70,71)/t31?,38-,41+,43-,44-,51?/m0/s1. The fraction of sp³-hybridized carbons (Fsp3) is 0.397. The number of aryl methyl sites for hydroxylation is 3. The number of amides is 4. The highest BCUT2D eigenvalue weighted by atomic mass is 32.1. The molecule has 10 rings (SSSR count). The van der Waals surface area contributed by atoms with E-state index in [0.717, 1.165) is 54.0 Å². The number of ether oxygens (including phenoxy) is 1. The highest BCUT2D eigenvalue weighted by Gasteiger charge is 2.45. The number of fused-ring (bicyclic) bond motifs is 4. The Morgan fingerprint density at radius 2 is 1.66 bits per heavy atom. The van der Waals surface area contributed by atoms with Crippen LogP contribution < -0.4 is 25.6 Å². The van der Waals surface area contributed by atoms with E-state index in [2.05, 4.69) is 49.9 Å². The zero-order valence-electron chi connectivity index (χ0n) is 45.3. The van der Waals surface area contributed by atoms with E-state index >= 15 is 0 Å². The third kappa shape index (κ3) is 11.3. The number of nitrogens with zero attached hydrogens (tertiary/aromatic N) is 7. The number of aliphatic imine (C=N–C) groups is 1. The molecule has 2 saturated heterocycles. The second-order valence-corrected chi connectivity index (χ2v) is 23.8. The van der Waals surface area contributed by atoms with Crippen LogP contribution in [0.5, 0.6) is 5.75 Å². The number of carboxylic acid groups (broad SMARTS) is 1. The lowest BCUT2D eigenvalue weighted by molar-refractivity contribution is -0.142. The monoisotopic (exact) mass is 1110 g/mol. The van der Waals surface area contributed by atoms with Crippen LogP contribution in [-0.4, -0.2) is 121 Å². The lowest BCUT2D eigenvalue weighted by atomic mass is 9.85. The maximum absolute atomic E-state index is 14.4. The second kappa shape index (κ2) is 22.2. The average molecular weight is 1110 g/mol. The van der Waals surface area contributed by atoms with Crippen molar-refractivity contribution in [3.05, 3.63) is 129 Å². The van der Waals surface area contributed by atoms with Crippen molar-refractivity contribution in [2.75, 3.05) is 37.7 Å². The van der Waals surface area contributed by atoms with Gasteiger partial charge in [0.1, 0.15) is 46.9 Å². The number of nitrogens with one attached hydrogen (secondary N) is 3. The first-order valence-corrected chi connectivity index (χ1v) is 28.1. The first-order chi connectivity index (χ1) is 37.7. The summed E-state index contributed by atoms with van der Waals surface area (Å²) in [5.41, 5.74) is 8.86. The van der Waals surface area contributed by atoms with E-state index in [1.54, 1.807) is 46.9 Å². The molecule has 7 heterocycles. The first kappa shape index (κ1) is 54.6. The molecule has 3 aliphatic heterocycles. The Morgan fingerprint density at radius 1 is 0.911 bits per heavy atom. The third-order valence-electron chi connectivity index (χ3n) is 15.1. The number of hydrogen-bond donors (Lipinski definition) is 5. The zero-order chi connectivity index (χ0) is 56.0. The van der Waals surface area contributed by atoms with Crippen molar-refractivity contribution in [2.24, 2.45) is 16.3 Å². The molecule has 21 heteroatoms. The van der Waals surface area contributed by atoms with Gasteiger partial charge in [0, 0.05) is 53.1 Å². The number of thiophene rings is 1. The van der Waals surface area contributed by atoms with Crippen molar-refractivity contribution >= 4 is 74.6 Å². The summed E-state index contributed by atoms with van der Waals surface area (Å²) >= 11 is 3.18. The zero-order valence-corrected chi connectivity index (χ0v) is 47.0. The Balaban J connectivity index is 0.716. The predicted octanol–water partition coefficient (Wildman–Crippen LogP) is 7.80. The Labute approximate surface area is 465 Å². The molecule has 5 N–H and O–H groups in total. The summed E-state index contributed by atoms with van der Waals surface area (Å²) in [7, 11) is 0. The number of aliphatic hydroxyl groups excluding tert-OH is 1. The summed E-state index contributed by atoms with van der Waals surface area (Å²) in [4.78, 5) is 82.6. The van der Waals surface area contributed by atoms with Crippen LogP contribution in [0, 0.1) is 39.0 Å². The molecule has 6 atom stereocenters. The molecule has 3 aliphatic rings. The number of aliphatic carboxylic acids is 1. The Kier molecular flexibility index (Phi) is 15.3. The molecule has 19 nitrogen and oxygen atoms in total. The highest BCUT2D eigenvalue weighted by molar-refractivity contribution is 7.15. The first-order valence-electron chi connectivity index (χ1n) is 26.4. The Hall–Kier alpha value is -7.75. The minimum atomic E-state index is -1.07. The molecule has 2 fully saturated rings. The van der Waals surface area contributed by atoms with Gasteiger partial charge in [0.15, 0.2) is 11.6 Å². The van der Waals surface area contributed by atoms with Gasteiger partial charge in [-0.1, -0.05) is 57.2 Å². The number of β-amino-alcohol motifs (C(OH)–C–C–N with tert-alkyl or cyclic N) is 1. The fourth-order valence-electron chi connectivity index (χ4n) is 10.7. The van der Waals surface area contributed by atoms with Crippen LogP contribution in [0.3, 0.4) is 0 Å². The summed E-state index contributed by atoms with van der Waals surface area (Å²) in [6.07, 6.45) is -0.415.